The van der Waals surface area contributed by atoms with E-state index in [1.54, 1.807) is 20.1 Å². The van der Waals surface area contributed by atoms with Crippen molar-refractivity contribution in [2.45, 2.75) is 23.9 Å². The number of nitrogens with zero attached hydrogens (tertiary/aromatic N) is 3. The van der Waals surface area contributed by atoms with Gasteiger partial charge in [0.05, 0.1) is 17.6 Å². The zero-order chi connectivity index (χ0) is 21.8. The van der Waals surface area contributed by atoms with Crippen molar-refractivity contribution < 1.29 is 14.1 Å². The molecule has 2 heterocycles. The van der Waals surface area contributed by atoms with Gasteiger partial charge in [0.2, 0.25) is 5.91 Å². The zero-order valence-corrected chi connectivity index (χ0v) is 18.6. The molecule has 0 aliphatic carbocycles. The molecule has 9 heteroatoms. The summed E-state index contributed by atoms with van der Waals surface area (Å²) in [6, 6.07) is 16.8. The van der Waals surface area contributed by atoms with Gasteiger partial charge in [-0.15, -0.1) is 0 Å². The van der Waals surface area contributed by atoms with Crippen molar-refractivity contribution in [2.24, 2.45) is 0 Å². The normalized spacial score (nSPS) is 12.2. The van der Waals surface area contributed by atoms with Crippen LogP contribution in [0.1, 0.15) is 16.6 Å². The van der Waals surface area contributed by atoms with Crippen LogP contribution in [0.15, 0.2) is 64.3 Å². The van der Waals surface area contributed by atoms with Gasteiger partial charge in [-0.25, -0.2) is 4.98 Å². The molecule has 1 N–H and O–H groups in total. The summed E-state index contributed by atoms with van der Waals surface area (Å²) >= 11 is 7.54. The monoisotopic (exact) mass is 456 g/mol. The fourth-order valence-corrected chi connectivity index (χ4v) is 4.50. The number of hydrogen-bond acceptors (Lipinski definition) is 6. The highest BCUT2D eigenvalue weighted by atomic mass is 35.5. The molecule has 0 radical (unpaired) electrons. The number of rotatable bonds is 8. The average Bonchev–Trinajstić information content (AvgIpc) is 3.32. The molecule has 1 unspecified atom stereocenters. The first-order valence-electron chi connectivity index (χ1n) is 9.65. The van der Waals surface area contributed by atoms with E-state index in [0.29, 0.717) is 34.9 Å². The smallest absolute Gasteiger partial charge is 0.243 e. The standard InChI is InChI=1S/C22H21ClN4O3S/c1-14-12-19(26-30-14)25-21(28)20(15-6-4-3-5-7-15)31-22-24-17-13-16(23)8-9-18(17)27(22)10-11-29-2/h3-9,12-13,20H,10-11H2,1-2H3,(H,25,26,28). The Morgan fingerprint density at radius 1 is 1.26 bits per heavy atom. The number of carbonyl (C=O) groups is 1. The average molecular weight is 457 g/mol. The van der Waals surface area contributed by atoms with Crippen LogP contribution in [0.4, 0.5) is 5.82 Å². The zero-order valence-electron chi connectivity index (χ0n) is 17.0. The number of aromatic nitrogens is 3. The Labute approximate surface area is 188 Å². The molecule has 1 atom stereocenters. The van der Waals surface area contributed by atoms with Crippen LogP contribution in [0, 0.1) is 6.92 Å². The molecule has 0 aliphatic heterocycles. The van der Waals surface area contributed by atoms with Gasteiger partial charge in [-0.3, -0.25) is 4.79 Å². The summed E-state index contributed by atoms with van der Waals surface area (Å²) in [5.74, 6) is 0.786. The Balaban J connectivity index is 1.71. The first-order chi connectivity index (χ1) is 15.0. The highest BCUT2D eigenvalue weighted by Gasteiger charge is 2.26. The van der Waals surface area contributed by atoms with Gasteiger partial charge >= 0.3 is 0 Å². The molecule has 4 rings (SSSR count). The molecule has 0 fully saturated rings. The first kappa shape index (κ1) is 21.4. The number of ether oxygens (including phenoxy) is 1. The van der Waals surface area contributed by atoms with E-state index in [1.165, 1.54) is 11.8 Å². The number of methoxy groups -OCH3 is 1. The maximum Gasteiger partial charge on any atom is 0.243 e. The van der Waals surface area contributed by atoms with E-state index in [4.69, 9.17) is 25.8 Å². The molecule has 0 saturated carbocycles. The number of fused-ring (bicyclic) bond motifs is 1. The lowest BCUT2D eigenvalue weighted by Crippen LogP contribution is -2.20. The van der Waals surface area contributed by atoms with Crippen LogP contribution < -0.4 is 5.32 Å². The minimum absolute atomic E-state index is 0.215. The Kier molecular flexibility index (Phi) is 6.60. The number of amides is 1. The summed E-state index contributed by atoms with van der Waals surface area (Å²) in [5.41, 5.74) is 2.56. The number of nitrogens with one attached hydrogen (secondary N) is 1. The Morgan fingerprint density at radius 2 is 2.06 bits per heavy atom. The summed E-state index contributed by atoms with van der Waals surface area (Å²) in [7, 11) is 1.66. The summed E-state index contributed by atoms with van der Waals surface area (Å²) in [5, 5.41) is 7.48. The minimum Gasteiger partial charge on any atom is -0.383 e. The number of halogens is 1. The summed E-state index contributed by atoms with van der Waals surface area (Å²) in [4.78, 5) is 18.0. The molecular weight excluding hydrogens is 436 g/mol. The predicted molar refractivity (Wildman–Crippen MR) is 122 cm³/mol. The molecular formula is C22H21ClN4O3S. The molecule has 0 spiro atoms. The number of benzene rings is 2. The van der Waals surface area contributed by atoms with Crippen molar-refractivity contribution in [3.63, 3.8) is 0 Å². The van der Waals surface area contributed by atoms with E-state index in [0.717, 1.165) is 16.6 Å². The molecule has 1 amide bonds. The van der Waals surface area contributed by atoms with E-state index in [1.807, 2.05) is 53.1 Å². The van der Waals surface area contributed by atoms with Gasteiger partial charge in [-0.2, -0.15) is 0 Å². The third-order valence-corrected chi connectivity index (χ3v) is 6.12. The number of carbonyl (C=O) groups excluding carboxylic acids is 1. The fourth-order valence-electron chi connectivity index (χ4n) is 3.19. The molecule has 2 aromatic heterocycles. The molecule has 7 nitrogen and oxygen atoms in total. The molecule has 0 aliphatic rings. The molecule has 4 aromatic rings. The summed E-state index contributed by atoms with van der Waals surface area (Å²) in [6.45, 7) is 2.89. The van der Waals surface area contributed by atoms with Gasteiger partial charge in [0.25, 0.3) is 0 Å². The lowest BCUT2D eigenvalue weighted by molar-refractivity contribution is -0.115. The van der Waals surface area contributed by atoms with Crippen LogP contribution in [0.5, 0.6) is 0 Å². The lowest BCUT2D eigenvalue weighted by Gasteiger charge is -2.17. The topological polar surface area (TPSA) is 82.2 Å². The second kappa shape index (κ2) is 9.55. The van der Waals surface area contributed by atoms with Gasteiger partial charge in [0.1, 0.15) is 11.0 Å². The predicted octanol–water partition coefficient (Wildman–Crippen LogP) is 5.10. The fraction of sp³-hybridized carbons (Fsp3) is 0.227. The van der Waals surface area contributed by atoms with Crippen molar-refractivity contribution in [2.75, 3.05) is 19.0 Å². The number of hydrogen-bond donors (Lipinski definition) is 1. The van der Waals surface area contributed by atoms with E-state index in [-0.39, 0.29) is 5.91 Å². The maximum absolute atomic E-state index is 13.2. The molecule has 31 heavy (non-hydrogen) atoms. The van der Waals surface area contributed by atoms with E-state index in [9.17, 15) is 4.79 Å². The van der Waals surface area contributed by atoms with Gasteiger partial charge < -0.3 is 19.1 Å². The Bertz CT molecular complexity index is 1190. The molecule has 0 bridgehead atoms. The second-order valence-electron chi connectivity index (χ2n) is 6.89. The van der Waals surface area contributed by atoms with Crippen LogP contribution in [-0.2, 0) is 16.1 Å². The van der Waals surface area contributed by atoms with Crippen LogP contribution in [0.3, 0.4) is 0 Å². The van der Waals surface area contributed by atoms with Gasteiger partial charge in [0, 0.05) is 24.7 Å². The third kappa shape index (κ3) is 4.92. The molecule has 160 valence electrons. The van der Waals surface area contributed by atoms with E-state index in [2.05, 4.69) is 10.5 Å². The molecule has 2 aromatic carbocycles. The highest BCUT2D eigenvalue weighted by Crippen LogP contribution is 2.37. The third-order valence-electron chi connectivity index (χ3n) is 4.64. The summed E-state index contributed by atoms with van der Waals surface area (Å²) in [6.07, 6.45) is 0. The van der Waals surface area contributed by atoms with Crippen LogP contribution in [0.25, 0.3) is 11.0 Å². The van der Waals surface area contributed by atoms with Crippen molar-refractivity contribution >= 4 is 46.1 Å². The largest absolute Gasteiger partial charge is 0.383 e. The number of anilines is 1. The second-order valence-corrected chi connectivity index (χ2v) is 8.40. The minimum atomic E-state index is -0.549. The molecule has 0 saturated heterocycles. The van der Waals surface area contributed by atoms with E-state index < -0.39 is 5.25 Å². The van der Waals surface area contributed by atoms with Crippen LogP contribution in [0.2, 0.25) is 5.02 Å². The van der Waals surface area contributed by atoms with Gasteiger partial charge in [-0.1, -0.05) is 58.9 Å². The number of imidazole rings is 1. The van der Waals surface area contributed by atoms with Crippen molar-refractivity contribution in [3.8, 4) is 0 Å². The van der Waals surface area contributed by atoms with Crippen molar-refractivity contribution in [1.82, 2.24) is 14.7 Å². The number of aryl methyl sites for hydroxylation is 1. The Morgan fingerprint density at radius 3 is 2.77 bits per heavy atom. The van der Waals surface area contributed by atoms with Crippen molar-refractivity contribution in [3.05, 3.63) is 70.9 Å². The highest BCUT2D eigenvalue weighted by molar-refractivity contribution is 8.00. The van der Waals surface area contributed by atoms with Crippen LogP contribution in [-0.4, -0.2) is 34.3 Å². The van der Waals surface area contributed by atoms with Crippen molar-refractivity contribution in [1.29, 1.82) is 0 Å². The SMILES string of the molecule is COCCn1c(SC(C(=O)Nc2cc(C)on2)c2ccccc2)nc2cc(Cl)ccc21. The van der Waals surface area contributed by atoms with E-state index >= 15 is 0 Å². The summed E-state index contributed by atoms with van der Waals surface area (Å²) < 4.78 is 12.4. The lowest BCUT2D eigenvalue weighted by atomic mass is 10.1. The quantitative estimate of drug-likeness (QED) is 0.371. The number of thioether (sulfide) groups is 1. The first-order valence-corrected chi connectivity index (χ1v) is 10.9. The maximum atomic E-state index is 13.2. The van der Waals surface area contributed by atoms with Gasteiger partial charge in [0.15, 0.2) is 11.0 Å². The van der Waals surface area contributed by atoms with Gasteiger partial charge in [-0.05, 0) is 30.7 Å². The van der Waals surface area contributed by atoms with Crippen LogP contribution >= 0.6 is 23.4 Å². The Hall–Kier alpha value is -2.81.